The average molecular weight is 385 g/mol. The van der Waals surface area contributed by atoms with Crippen molar-refractivity contribution in [3.8, 4) is 0 Å². The number of morpholine rings is 1. The lowest BCUT2D eigenvalue weighted by molar-refractivity contribution is -0.125. The molecule has 0 aromatic heterocycles. The van der Waals surface area contributed by atoms with E-state index in [2.05, 4.69) is 16.0 Å². The van der Waals surface area contributed by atoms with E-state index in [-0.39, 0.29) is 37.0 Å². The average Bonchev–Trinajstić information content (AvgIpc) is 2.66. The second kappa shape index (κ2) is 9.24. The van der Waals surface area contributed by atoms with Gasteiger partial charge in [-0.1, -0.05) is 0 Å². The summed E-state index contributed by atoms with van der Waals surface area (Å²) in [5.74, 6) is -1.07. The van der Waals surface area contributed by atoms with Gasteiger partial charge in [-0.05, 0) is 18.2 Å². The molecule has 2 rings (SSSR count). The van der Waals surface area contributed by atoms with Gasteiger partial charge >= 0.3 is 6.03 Å². The van der Waals surface area contributed by atoms with Crippen LogP contribution in [0.2, 0.25) is 0 Å². The van der Waals surface area contributed by atoms with Gasteiger partial charge in [0.25, 0.3) is 12.3 Å². The highest BCUT2D eigenvalue weighted by Crippen LogP contribution is 2.31. The summed E-state index contributed by atoms with van der Waals surface area (Å²) < 4.78 is 32.0. The van der Waals surface area contributed by atoms with Crippen LogP contribution in [-0.4, -0.2) is 57.2 Å². The molecule has 11 heteroatoms. The fourth-order valence-electron chi connectivity index (χ4n) is 2.49. The van der Waals surface area contributed by atoms with E-state index in [0.29, 0.717) is 6.61 Å². The van der Waals surface area contributed by atoms with Gasteiger partial charge in [0.1, 0.15) is 12.6 Å². The molecule has 5 N–H and O–H groups in total. The minimum Gasteiger partial charge on any atom is -0.370 e. The molecule has 1 aromatic carbocycles. The summed E-state index contributed by atoms with van der Waals surface area (Å²) >= 11 is 0. The Morgan fingerprint density at radius 2 is 2.11 bits per heavy atom. The van der Waals surface area contributed by atoms with E-state index in [4.69, 9.17) is 10.5 Å². The van der Waals surface area contributed by atoms with E-state index < -0.39 is 30.0 Å². The Morgan fingerprint density at radius 1 is 1.37 bits per heavy atom. The molecule has 148 valence electrons. The largest absolute Gasteiger partial charge is 0.370 e. The molecule has 1 heterocycles. The maximum absolute atomic E-state index is 13.5. The molecule has 0 unspecified atom stereocenters. The van der Waals surface area contributed by atoms with E-state index >= 15 is 0 Å². The number of carbonyl (C=O) groups excluding carboxylic acids is 3. The molecule has 1 atom stereocenters. The van der Waals surface area contributed by atoms with Gasteiger partial charge in [0.05, 0.1) is 6.61 Å². The van der Waals surface area contributed by atoms with Gasteiger partial charge in [-0.15, -0.1) is 0 Å². The number of rotatable bonds is 6. The van der Waals surface area contributed by atoms with Crippen LogP contribution in [0, 0.1) is 0 Å². The first kappa shape index (κ1) is 20.5. The van der Waals surface area contributed by atoms with E-state index in [1.807, 2.05) is 0 Å². The standard InChI is InChI=1S/C16H21F2N5O4/c1-20-16(26)22-12(7-19)15(25)21-11-3-2-9(6-10(11)14(17)18)23-4-5-27-8-13(23)24/h2-3,6,12,14H,4-5,7-8,19H2,1H3,(H,21,25)(H2,20,22,26)/t12-/m1/s1. The topological polar surface area (TPSA) is 126 Å². The Hall–Kier alpha value is -2.79. The molecule has 0 aliphatic carbocycles. The zero-order valence-electron chi connectivity index (χ0n) is 14.6. The molecule has 0 saturated carbocycles. The van der Waals surface area contributed by atoms with Crippen LogP contribution < -0.4 is 26.6 Å². The third-order valence-electron chi connectivity index (χ3n) is 3.91. The Balaban J connectivity index is 2.22. The zero-order chi connectivity index (χ0) is 20.0. The Labute approximate surface area is 154 Å². The van der Waals surface area contributed by atoms with Gasteiger partial charge < -0.3 is 31.3 Å². The summed E-state index contributed by atoms with van der Waals surface area (Å²) in [6.07, 6.45) is -2.89. The van der Waals surface area contributed by atoms with Gasteiger partial charge in [0.2, 0.25) is 5.91 Å². The highest BCUT2D eigenvalue weighted by atomic mass is 19.3. The number of hydrogen-bond donors (Lipinski definition) is 4. The Bertz CT molecular complexity index is 716. The summed E-state index contributed by atoms with van der Waals surface area (Å²) in [6.45, 7) is 0.214. The first-order chi connectivity index (χ1) is 12.9. The summed E-state index contributed by atoms with van der Waals surface area (Å²) in [5, 5.41) is 6.93. The molecule has 1 aromatic rings. The second-order valence-electron chi connectivity index (χ2n) is 5.67. The maximum atomic E-state index is 13.5. The fourth-order valence-corrected chi connectivity index (χ4v) is 2.49. The van der Waals surface area contributed by atoms with Crippen LogP contribution in [-0.2, 0) is 14.3 Å². The number of halogens is 2. The lowest BCUT2D eigenvalue weighted by Gasteiger charge is -2.27. The van der Waals surface area contributed by atoms with E-state index in [1.54, 1.807) is 0 Å². The van der Waals surface area contributed by atoms with E-state index in [9.17, 15) is 23.2 Å². The number of carbonyl (C=O) groups is 3. The van der Waals surface area contributed by atoms with Gasteiger partial charge in [-0.3, -0.25) is 9.59 Å². The third-order valence-corrected chi connectivity index (χ3v) is 3.91. The minimum absolute atomic E-state index is 0.119. The summed E-state index contributed by atoms with van der Waals surface area (Å²) in [7, 11) is 1.36. The predicted molar refractivity (Wildman–Crippen MR) is 93.6 cm³/mol. The van der Waals surface area contributed by atoms with Crippen LogP contribution >= 0.6 is 0 Å². The first-order valence-electron chi connectivity index (χ1n) is 8.16. The van der Waals surface area contributed by atoms with Gasteiger partial charge in [-0.25, -0.2) is 13.6 Å². The number of benzene rings is 1. The third kappa shape index (κ3) is 5.11. The maximum Gasteiger partial charge on any atom is 0.315 e. The van der Waals surface area contributed by atoms with Crippen molar-refractivity contribution in [1.29, 1.82) is 0 Å². The van der Waals surface area contributed by atoms with Gasteiger partial charge in [-0.2, -0.15) is 0 Å². The molecule has 0 radical (unpaired) electrons. The highest BCUT2D eigenvalue weighted by Gasteiger charge is 2.25. The smallest absolute Gasteiger partial charge is 0.315 e. The van der Waals surface area contributed by atoms with E-state index in [0.717, 1.165) is 6.07 Å². The van der Waals surface area contributed by atoms with Gasteiger partial charge in [0, 0.05) is 37.1 Å². The van der Waals surface area contributed by atoms with Crippen molar-refractivity contribution in [2.75, 3.05) is 43.6 Å². The fraction of sp³-hybridized carbons (Fsp3) is 0.438. The Morgan fingerprint density at radius 3 is 2.70 bits per heavy atom. The number of urea groups is 1. The molecule has 1 aliphatic rings. The van der Waals surface area contributed by atoms with Crippen LogP contribution in [0.4, 0.5) is 25.0 Å². The van der Waals surface area contributed by atoms with Crippen LogP contribution in [0.3, 0.4) is 0 Å². The highest BCUT2D eigenvalue weighted by molar-refractivity contribution is 5.99. The lowest BCUT2D eigenvalue weighted by Crippen LogP contribution is -2.51. The van der Waals surface area contributed by atoms with Crippen molar-refractivity contribution in [2.45, 2.75) is 12.5 Å². The van der Waals surface area contributed by atoms with Crippen molar-refractivity contribution in [3.05, 3.63) is 23.8 Å². The minimum atomic E-state index is -2.89. The van der Waals surface area contributed by atoms with Crippen LogP contribution in [0.25, 0.3) is 0 Å². The molecule has 4 amide bonds. The first-order valence-corrected chi connectivity index (χ1v) is 8.16. The van der Waals surface area contributed by atoms with Crippen LogP contribution in [0.15, 0.2) is 18.2 Å². The van der Waals surface area contributed by atoms with Crippen molar-refractivity contribution in [2.24, 2.45) is 5.73 Å². The summed E-state index contributed by atoms with van der Waals surface area (Å²) in [6, 6.07) is 2.15. The summed E-state index contributed by atoms with van der Waals surface area (Å²) in [5.41, 5.74) is 5.17. The number of ether oxygens (including phenoxy) is 1. The summed E-state index contributed by atoms with van der Waals surface area (Å²) in [4.78, 5) is 36.8. The molecule has 1 fully saturated rings. The number of alkyl halides is 2. The molecule has 0 spiro atoms. The number of nitrogens with zero attached hydrogens (tertiary/aromatic N) is 1. The van der Waals surface area contributed by atoms with Crippen molar-refractivity contribution in [1.82, 2.24) is 10.6 Å². The monoisotopic (exact) mass is 385 g/mol. The lowest BCUT2D eigenvalue weighted by atomic mass is 10.1. The molecule has 1 aliphatic heterocycles. The molecule has 27 heavy (non-hydrogen) atoms. The second-order valence-corrected chi connectivity index (χ2v) is 5.67. The number of hydrogen-bond acceptors (Lipinski definition) is 5. The van der Waals surface area contributed by atoms with Crippen LogP contribution in [0.1, 0.15) is 12.0 Å². The predicted octanol–water partition coefficient (Wildman–Crippen LogP) is 0.182. The molecule has 9 nitrogen and oxygen atoms in total. The SMILES string of the molecule is CNC(=O)N[C@H](CN)C(=O)Nc1ccc(N2CCOCC2=O)cc1C(F)F. The molecule has 1 saturated heterocycles. The van der Waals surface area contributed by atoms with Crippen molar-refractivity contribution >= 4 is 29.2 Å². The normalized spacial score (nSPS) is 15.4. The van der Waals surface area contributed by atoms with Crippen LogP contribution in [0.5, 0.6) is 0 Å². The van der Waals surface area contributed by atoms with Gasteiger partial charge in [0.15, 0.2) is 0 Å². The molecular weight excluding hydrogens is 364 g/mol. The Kier molecular flexibility index (Phi) is 7.02. The number of nitrogens with two attached hydrogens (primary N) is 1. The number of nitrogens with one attached hydrogen (secondary N) is 3. The van der Waals surface area contributed by atoms with Crippen molar-refractivity contribution in [3.63, 3.8) is 0 Å². The van der Waals surface area contributed by atoms with E-state index in [1.165, 1.54) is 24.1 Å². The zero-order valence-corrected chi connectivity index (χ0v) is 14.6. The molecule has 0 bridgehead atoms. The number of anilines is 2. The quantitative estimate of drug-likeness (QED) is 0.556. The van der Waals surface area contributed by atoms with Crippen molar-refractivity contribution < 1.29 is 27.9 Å². The number of amides is 4. The molecular formula is C16H21F2N5O4.